The molecule has 138 valence electrons. The SMILES string of the molecule is CCc1c(C(=O)NNC(=O)C(O)c2ccc(F)c(F)c2)ccc(O)c1C. The van der Waals surface area contributed by atoms with E-state index in [1.165, 1.54) is 12.1 Å². The molecule has 2 aromatic carbocycles. The topological polar surface area (TPSA) is 98.7 Å². The Morgan fingerprint density at radius 3 is 2.42 bits per heavy atom. The number of rotatable bonds is 4. The zero-order valence-electron chi connectivity index (χ0n) is 14.1. The van der Waals surface area contributed by atoms with Gasteiger partial charge >= 0.3 is 0 Å². The van der Waals surface area contributed by atoms with Gasteiger partial charge < -0.3 is 10.2 Å². The van der Waals surface area contributed by atoms with Crippen molar-refractivity contribution in [2.45, 2.75) is 26.4 Å². The number of aromatic hydroxyl groups is 1. The van der Waals surface area contributed by atoms with Crippen molar-refractivity contribution in [3.63, 3.8) is 0 Å². The molecule has 0 spiro atoms. The summed E-state index contributed by atoms with van der Waals surface area (Å²) in [5.74, 6) is -3.92. The lowest BCUT2D eigenvalue weighted by Gasteiger charge is -2.15. The third kappa shape index (κ3) is 3.97. The maximum absolute atomic E-state index is 13.2. The van der Waals surface area contributed by atoms with E-state index < -0.39 is 29.6 Å². The fourth-order valence-electron chi connectivity index (χ4n) is 2.50. The number of nitrogens with one attached hydrogen (secondary N) is 2. The van der Waals surface area contributed by atoms with E-state index in [1.807, 2.05) is 12.3 Å². The van der Waals surface area contributed by atoms with Crippen LogP contribution in [0.15, 0.2) is 30.3 Å². The zero-order valence-corrected chi connectivity index (χ0v) is 14.1. The Kier molecular flexibility index (Phi) is 5.89. The molecule has 26 heavy (non-hydrogen) atoms. The average molecular weight is 364 g/mol. The minimum absolute atomic E-state index is 0.0520. The van der Waals surface area contributed by atoms with Crippen LogP contribution in [0.4, 0.5) is 8.78 Å². The number of carbonyl (C=O) groups is 2. The van der Waals surface area contributed by atoms with Gasteiger partial charge in [-0.15, -0.1) is 0 Å². The van der Waals surface area contributed by atoms with E-state index >= 15 is 0 Å². The molecule has 8 heteroatoms. The zero-order chi connectivity index (χ0) is 19.4. The highest BCUT2D eigenvalue weighted by molar-refractivity contribution is 5.97. The Hall–Kier alpha value is -3.00. The summed E-state index contributed by atoms with van der Waals surface area (Å²) >= 11 is 0. The number of hydrazine groups is 1. The molecule has 0 saturated heterocycles. The molecule has 2 rings (SSSR count). The van der Waals surface area contributed by atoms with Crippen LogP contribution in [-0.2, 0) is 11.2 Å². The minimum Gasteiger partial charge on any atom is -0.508 e. The van der Waals surface area contributed by atoms with Crippen LogP contribution in [0.3, 0.4) is 0 Å². The molecule has 2 amide bonds. The molecule has 0 saturated carbocycles. The van der Waals surface area contributed by atoms with E-state index in [4.69, 9.17) is 0 Å². The number of hydrogen-bond donors (Lipinski definition) is 4. The van der Waals surface area contributed by atoms with Gasteiger partial charge in [0.1, 0.15) is 5.75 Å². The van der Waals surface area contributed by atoms with Crippen molar-refractivity contribution in [1.29, 1.82) is 0 Å². The molecule has 0 aromatic heterocycles. The van der Waals surface area contributed by atoms with Crippen LogP contribution in [0, 0.1) is 18.6 Å². The summed E-state index contributed by atoms with van der Waals surface area (Å²) in [5.41, 5.74) is 5.43. The molecule has 1 atom stereocenters. The number of carbonyl (C=O) groups excluding carboxylic acids is 2. The van der Waals surface area contributed by atoms with Crippen LogP contribution in [0.1, 0.15) is 40.1 Å². The molecule has 0 radical (unpaired) electrons. The first-order chi connectivity index (χ1) is 12.3. The van der Waals surface area contributed by atoms with Crippen LogP contribution in [-0.4, -0.2) is 22.0 Å². The van der Waals surface area contributed by atoms with Gasteiger partial charge in [-0.1, -0.05) is 13.0 Å². The second kappa shape index (κ2) is 7.92. The summed E-state index contributed by atoms with van der Waals surface area (Å²) in [4.78, 5) is 24.2. The Labute approximate surface area is 148 Å². The Bertz CT molecular complexity index is 855. The number of phenolic OH excluding ortho intramolecular Hbond substituents is 1. The average Bonchev–Trinajstić information content (AvgIpc) is 2.63. The van der Waals surface area contributed by atoms with Gasteiger partial charge in [-0.2, -0.15) is 0 Å². The first kappa shape index (κ1) is 19.3. The van der Waals surface area contributed by atoms with Crippen LogP contribution in [0.2, 0.25) is 0 Å². The van der Waals surface area contributed by atoms with Crippen molar-refractivity contribution in [1.82, 2.24) is 10.9 Å². The molecule has 0 bridgehead atoms. The summed E-state index contributed by atoms with van der Waals surface area (Å²) in [6, 6.07) is 5.31. The van der Waals surface area contributed by atoms with E-state index in [2.05, 4.69) is 5.43 Å². The van der Waals surface area contributed by atoms with E-state index in [0.29, 0.717) is 23.6 Å². The molecular weight excluding hydrogens is 346 g/mol. The molecule has 0 aliphatic rings. The van der Waals surface area contributed by atoms with E-state index in [-0.39, 0.29) is 16.9 Å². The van der Waals surface area contributed by atoms with E-state index in [1.54, 1.807) is 6.92 Å². The van der Waals surface area contributed by atoms with Crippen LogP contribution in [0.5, 0.6) is 5.75 Å². The van der Waals surface area contributed by atoms with Gasteiger partial charge in [-0.3, -0.25) is 20.4 Å². The molecular formula is C18H18F2N2O4. The van der Waals surface area contributed by atoms with Gasteiger partial charge in [-0.05, 0) is 54.3 Å². The van der Waals surface area contributed by atoms with Crippen molar-refractivity contribution in [2.75, 3.05) is 0 Å². The number of aliphatic hydroxyl groups excluding tert-OH is 1. The lowest BCUT2D eigenvalue weighted by molar-refractivity contribution is -0.130. The van der Waals surface area contributed by atoms with E-state index in [9.17, 15) is 28.6 Å². The lowest BCUT2D eigenvalue weighted by atomic mass is 9.98. The number of phenols is 1. The first-order valence-corrected chi connectivity index (χ1v) is 7.80. The number of halogens is 2. The van der Waals surface area contributed by atoms with Crippen molar-refractivity contribution in [3.8, 4) is 5.75 Å². The number of hydrogen-bond acceptors (Lipinski definition) is 4. The Morgan fingerprint density at radius 1 is 1.12 bits per heavy atom. The minimum atomic E-state index is -1.79. The van der Waals surface area contributed by atoms with Gasteiger partial charge in [0.15, 0.2) is 17.7 Å². The van der Waals surface area contributed by atoms with Crippen molar-refractivity contribution < 1.29 is 28.6 Å². The fraction of sp³-hybridized carbons (Fsp3) is 0.222. The quantitative estimate of drug-likeness (QED) is 0.624. The summed E-state index contributed by atoms with van der Waals surface area (Å²) in [6.45, 7) is 3.47. The number of aliphatic hydroxyl groups is 1. The summed E-state index contributed by atoms with van der Waals surface area (Å²) in [5, 5.41) is 19.6. The van der Waals surface area contributed by atoms with Gasteiger partial charge in [-0.25, -0.2) is 8.78 Å². The monoisotopic (exact) mass is 364 g/mol. The summed E-state index contributed by atoms with van der Waals surface area (Å²) in [6.07, 6.45) is -1.31. The molecule has 0 heterocycles. The predicted octanol–water partition coefficient (Wildman–Crippen LogP) is 2.04. The highest BCUT2D eigenvalue weighted by atomic mass is 19.2. The van der Waals surface area contributed by atoms with Crippen LogP contribution >= 0.6 is 0 Å². The Balaban J connectivity index is 2.08. The second-order valence-corrected chi connectivity index (χ2v) is 5.61. The van der Waals surface area contributed by atoms with Crippen molar-refractivity contribution in [2.24, 2.45) is 0 Å². The van der Waals surface area contributed by atoms with Crippen LogP contribution in [0.25, 0.3) is 0 Å². The number of benzene rings is 2. The van der Waals surface area contributed by atoms with Gasteiger partial charge in [0.25, 0.3) is 11.8 Å². The highest BCUT2D eigenvalue weighted by Gasteiger charge is 2.21. The fourth-order valence-corrected chi connectivity index (χ4v) is 2.50. The van der Waals surface area contributed by atoms with Gasteiger partial charge in [0.2, 0.25) is 0 Å². The molecule has 1 unspecified atom stereocenters. The standard InChI is InChI=1S/C18H18F2N2O4/c1-3-11-9(2)15(23)7-5-12(11)17(25)21-22-18(26)16(24)10-4-6-13(19)14(20)8-10/h4-8,16,23-24H,3H2,1-2H3,(H,21,25)(H,22,26). The van der Waals surface area contributed by atoms with Gasteiger partial charge in [0.05, 0.1) is 0 Å². The first-order valence-electron chi connectivity index (χ1n) is 7.80. The van der Waals surface area contributed by atoms with E-state index in [0.717, 1.165) is 12.1 Å². The van der Waals surface area contributed by atoms with Crippen molar-refractivity contribution >= 4 is 11.8 Å². The Morgan fingerprint density at radius 2 is 1.81 bits per heavy atom. The predicted molar refractivity (Wildman–Crippen MR) is 89.1 cm³/mol. The summed E-state index contributed by atoms with van der Waals surface area (Å²) in [7, 11) is 0. The normalized spacial score (nSPS) is 11.7. The molecule has 0 aliphatic carbocycles. The molecule has 0 aliphatic heterocycles. The van der Waals surface area contributed by atoms with Gasteiger partial charge in [0, 0.05) is 5.56 Å². The third-order valence-electron chi connectivity index (χ3n) is 3.98. The second-order valence-electron chi connectivity index (χ2n) is 5.61. The number of amides is 2. The van der Waals surface area contributed by atoms with Crippen molar-refractivity contribution in [3.05, 3.63) is 64.2 Å². The summed E-state index contributed by atoms with van der Waals surface area (Å²) < 4.78 is 26.1. The maximum atomic E-state index is 13.2. The third-order valence-corrected chi connectivity index (χ3v) is 3.98. The smallest absolute Gasteiger partial charge is 0.271 e. The highest BCUT2D eigenvalue weighted by Crippen LogP contribution is 2.24. The molecule has 2 aromatic rings. The van der Waals surface area contributed by atoms with Crippen LogP contribution < -0.4 is 10.9 Å². The molecule has 0 fully saturated rings. The molecule has 4 N–H and O–H groups in total. The maximum Gasteiger partial charge on any atom is 0.271 e. The largest absolute Gasteiger partial charge is 0.508 e. The molecule has 6 nitrogen and oxygen atoms in total. The lowest BCUT2D eigenvalue weighted by Crippen LogP contribution is -2.44.